The number of rotatable bonds is 8. The number of amides is 1. The Bertz CT molecular complexity index is 858. The Hall–Kier alpha value is -1.66. The van der Waals surface area contributed by atoms with Crippen LogP contribution in [0.5, 0.6) is 11.5 Å². The molecular formula is C22H27Cl3N2O3. The zero-order chi connectivity index (χ0) is 20.8. The molecule has 0 bridgehead atoms. The topological polar surface area (TPSA) is 50.8 Å². The third-order valence-electron chi connectivity index (χ3n) is 5.09. The normalized spacial score (nSPS) is 14.2. The van der Waals surface area contributed by atoms with E-state index in [4.69, 9.17) is 32.7 Å². The minimum atomic E-state index is 0. The van der Waals surface area contributed by atoms with Gasteiger partial charge < -0.3 is 19.7 Å². The van der Waals surface area contributed by atoms with Gasteiger partial charge in [0.15, 0.2) is 18.1 Å². The summed E-state index contributed by atoms with van der Waals surface area (Å²) in [5.41, 5.74) is 2.11. The van der Waals surface area contributed by atoms with Crippen molar-refractivity contribution in [3.63, 3.8) is 0 Å². The maximum atomic E-state index is 12.2. The zero-order valence-corrected chi connectivity index (χ0v) is 19.4. The second-order valence-corrected chi connectivity index (χ2v) is 7.95. The molecule has 1 unspecified atom stereocenters. The molecule has 2 aromatic rings. The van der Waals surface area contributed by atoms with Gasteiger partial charge >= 0.3 is 0 Å². The van der Waals surface area contributed by atoms with Crippen LogP contribution in [-0.2, 0) is 11.3 Å². The highest BCUT2D eigenvalue weighted by Crippen LogP contribution is 2.29. The molecule has 1 heterocycles. The third kappa shape index (κ3) is 6.42. The molecule has 1 amide bonds. The summed E-state index contributed by atoms with van der Waals surface area (Å²) in [4.78, 5) is 14.0. The summed E-state index contributed by atoms with van der Waals surface area (Å²) in [6, 6.07) is 11.5. The summed E-state index contributed by atoms with van der Waals surface area (Å²) in [6.45, 7) is 4.38. The highest BCUT2D eigenvalue weighted by atomic mass is 35.5. The first-order chi connectivity index (χ1) is 14.0. The zero-order valence-electron chi connectivity index (χ0n) is 17.1. The number of methoxy groups -OCH3 is 1. The molecule has 164 valence electrons. The Morgan fingerprint density at radius 1 is 1.10 bits per heavy atom. The summed E-state index contributed by atoms with van der Waals surface area (Å²) in [7, 11) is 1.60. The van der Waals surface area contributed by atoms with E-state index in [1.807, 2.05) is 35.2 Å². The highest BCUT2D eigenvalue weighted by molar-refractivity contribution is 6.42. The minimum absolute atomic E-state index is 0. The summed E-state index contributed by atoms with van der Waals surface area (Å²) >= 11 is 12.1. The van der Waals surface area contributed by atoms with Gasteiger partial charge in [0.2, 0.25) is 0 Å². The SMILES string of the molecule is COc1cc(CNC(C)c2ccc(Cl)c(Cl)c2)ccc1OCC(=O)N1CCCC1.Cl. The number of carbonyl (C=O) groups excluding carboxylic acids is 1. The number of hydrogen-bond donors (Lipinski definition) is 1. The van der Waals surface area contributed by atoms with Crippen LogP contribution in [0.4, 0.5) is 0 Å². The summed E-state index contributed by atoms with van der Waals surface area (Å²) in [5.74, 6) is 1.20. The van der Waals surface area contributed by atoms with Gasteiger partial charge in [0.25, 0.3) is 5.91 Å². The lowest BCUT2D eigenvalue weighted by molar-refractivity contribution is -0.132. The lowest BCUT2D eigenvalue weighted by atomic mass is 10.1. The molecular weight excluding hydrogens is 447 g/mol. The van der Waals surface area contributed by atoms with Crippen LogP contribution in [0, 0.1) is 0 Å². The molecule has 0 aromatic heterocycles. The maximum absolute atomic E-state index is 12.2. The fourth-order valence-electron chi connectivity index (χ4n) is 3.31. The third-order valence-corrected chi connectivity index (χ3v) is 5.83. The van der Waals surface area contributed by atoms with E-state index in [1.165, 1.54) is 0 Å². The van der Waals surface area contributed by atoms with E-state index in [0.717, 1.165) is 37.1 Å². The Morgan fingerprint density at radius 2 is 1.83 bits per heavy atom. The summed E-state index contributed by atoms with van der Waals surface area (Å²) < 4.78 is 11.2. The molecule has 0 spiro atoms. The highest BCUT2D eigenvalue weighted by Gasteiger charge is 2.19. The van der Waals surface area contributed by atoms with Crippen molar-refractivity contribution in [1.82, 2.24) is 10.2 Å². The minimum Gasteiger partial charge on any atom is -0.493 e. The molecule has 1 aliphatic rings. The summed E-state index contributed by atoms with van der Waals surface area (Å²) in [6.07, 6.45) is 2.13. The molecule has 0 radical (unpaired) electrons. The van der Waals surface area contributed by atoms with Gasteiger partial charge in [-0.05, 0) is 55.2 Å². The summed E-state index contributed by atoms with van der Waals surface area (Å²) in [5, 5.41) is 4.55. The van der Waals surface area contributed by atoms with Crippen molar-refractivity contribution in [2.45, 2.75) is 32.4 Å². The standard InChI is InChI=1S/C22H26Cl2N2O3.ClH/c1-15(17-6-7-18(23)19(24)12-17)25-13-16-5-8-20(21(11-16)28-2)29-14-22(27)26-9-3-4-10-26;/h5-8,11-12,15,25H,3-4,9-10,13-14H2,1-2H3;1H. The Kier molecular flexibility index (Phi) is 9.56. The van der Waals surface area contributed by atoms with Crippen molar-refractivity contribution in [3.05, 3.63) is 57.6 Å². The van der Waals surface area contributed by atoms with E-state index in [0.29, 0.717) is 28.1 Å². The van der Waals surface area contributed by atoms with E-state index >= 15 is 0 Å². The number of hydrogen-bond acceptors (Lipinski definition) is 4. The van der Waals surface area contributed by atoms with Crippen LogP contribution in [0.3, 0.4) is 0 Å². The van der Waals surface area contributed by atoms with Gasteiger partial charge in [0.05, 0.1) is 17.2 Å². The fourth-order valence-corrected chi connectivity index (χ4v) is 3.62. The van der Waals surface area contributed by atoms with Crippen molar-refractivity contribution in [2.75, 3.05) is 26.8 Å². The van der Waals surface area contributed by atoms with Crippen molar-refractivity contribution in [2.24, 2.45) is 0 Å². The van der Waals surface area contributed by atoms with Gasteiger partial charge in [0, 0.05) is 25.7 Å². The molecule has 1 N–H and O–H groups in total. The predicted molar refractivity (Wildman–Crippen MR) is 123 cm³/mol. The average molecular weight is 474 g/mol. The van der Waals surface area contributed by atoms with Crippen LogP contribution in [0.2, 0.25) is 10.0 Å². The first kappa shape index (κ1) is 24.6. The molecule has 1 atom stereocenters. The molecule has 1 fully saturated rings. The molecule has 0 aliphatic carbocycles. The van der Waals surface area contributed by atoms with Gasteiger partial charge in [-0.15, -0.1) is 12.4 Å². The number of ether oxygens (including phenoxy) is 2. The smallest absolute Gasteiger partial charge is 0.260 e. The van der Waals surface area contributed by atoms with Crippen molar-refractivity contribution in [1.29, 1.82) is 0 Å². The number of carbonyl (C=O) groups is 1. The lowest BCUT2D eigenvalue weighted by Gasteiger charge is -2.18. The average Bonchev–Trinajstić information content (AvgIpc) is 3.27. The number of halogens is 3. The first-order valence-corrected chi connectivity index (χ1v) is 10.5. The van der Waals surface area contributed by atoms with Crippen LogP contribution < -0.4 is 14.8 Å². The van der Waals surface area contributed by atoms with E-state index < -0.39 is 0 Å². The number of likely N-dealkylation sites (tertiary alicyclic amines) is 1. The fraction of sp³-hybridized carbons (Fsp3) is 0.409. The van der Waals surface area contributed by atoms with Gasteiger partial charge in [-0.3, -0.25) is 4.79 Å². The largest absolute Gasteiger partial charge is 0.493 e. The van der Waals surface area contributed by atoms with Crippen molar-refractivity contribution >= 4 is 41.5 Å². The van der Waals surface area contributed by atoms with Crippen LogP contribution in [-0.4, -0.2) is 37.6 Å². The molecule has 0 saturated carbocycles. The molecule has 3 rings (SSSR count). The van der Waals surface area contributed by atoms with Gasteiger partial charge in [-0.1, -0.05) is 35.3 Å². The second kappa shape index (κ2) is 11.7. The molecule has 5 nitrogen and oxygen atoms in total. The van der Waals surface area contributed by atoms with Crippen molar-refractivity contribution < 1.29 is 14.3 Å². The maximum Gasteiger partial charge on any atom is 0.260 e. The molecule has 1 saturated heterocycles. The Labute approximate surface area is 194 Å². The van der Waals surface area contributed by atoms with E-state index in [-0.39, 0.29) is 31.0 Å². The van der Waals surface area contributed by atoms with Crippen molar-refractivity contribution in [3.8, 4) is 11.5 Å². The number of benzene rings is 2. The van der Waals surface area contributed by atoms with Crippen LogP contribution in [0.1, 0.15) is 36.9 Å². The number of nitrogens with zero attached hydrogens (tertiary/aromatic N) is 1. The lowest BCUT2D eigenvalue weighted by Crippen LogP contribution is -2.32. The van der Waals surface area contributed by atoms with Crippen LogP contribution in [0.25, 0.3) is 0 Å². The predicted octanol–water partition coefficient (Wildman–Crippen LogP) is 5.28. The van der Waals surface area contributed by atoms with Gasteiger partial charge in [-0.25, -0.2) is 0 Å². The quantitative estimate of drug-likeness (QED) is 0.567. The number of nitrogens with one attached hydrogen (secondary N) is 1. The van der Waals surface area contributed by atoms with Crippen LogP contribution in [0.15, 0.2) is 36.4 Å². The molecule has 30 heavy (non-hydrogen) atoms. The Morgan fingerprint density at radius 3 is 2.50 bits per heavy atom. The molecule has 1 aliphatic heterocycles. The van der Waals surface area contributed by atoms with E-state index in [1.54, 1.807) is 13.2 Å². The van der Waals surface area contributed by atoms with E-state index in [2.05, 4.69) is 12.2 Å². The first-order valence-electron chi connectivity index (χ1n) is 9.73. The van der Waals surface area contributed by atoms with Gasteiger partial charge in [-0.2, -0.15) is 0 Å². The monoisotopic (exact) mass is 472 g/mol. The molecule has 8 heteroatoms. The van der Waals surface area contributed by atoms with Crippen LogP contribution >= 0.6 is 35.6 Å². The second-order valence-electron chi connectivity index (χ2n) is 7.14. The van der Waals surface area contributed by atoms with E-state index in [9.17, 15) is 4.79 Å². The van der Waals surface area contributed by atoms with Gasteiger partial charge in [0.1, 0.15) is 0 Å². The Balaban J connectivity index is 0.00000320. The molecule has 2 aromatic carbocycles.